The van der Waals surface area contributed by atoms with E-state index in [0.29, 0.717) is 5.69 Å². The number of hydrogen-bond donors (Lipinski definition) is 2. The number of halogens is 2. The third-order valence-corrected chi connectivity index (χ3v) is 3.25. The zero-order chi connectivity index (χ0) is 16.1. The number of aryl methyl sites for hydroxylation is 1. The highest BCUT2D eigenvalue weighted by Gasteiger charge is 2.16. The highest BCUT2D eigenvalue weighted by molar-refractivity contribution is 6.33. The summed E-state index contributed by atoms with van der Waals surface area (Å²) in [4.78, 5) is 23.6. The van der Waals surface area contributed by atoms with Gasteiger partial charge in [0.05, 0.1) is 17.1 Å². The number of benzene rings is 2. The third kappa shape index (κ3) is 4.05. The molecule has 114 valence electrons. The average molecular weight is 321 g/mol. The predicted molar refractivity (Wildman–Crippen MR) is 83.6 cm³/mol. The Labute approximate surface area is 132 Å². The van der Waals surface area contributed by atoms with Crippen LogP contribution in [0, 0.1) is 12.7 Å². The van der Waals surface area contributed by atoms with Crippen LogP contribution >= 0.6 is 11.6 Å². The molecule has 2 amide bonds. The van der Waals surface area contributed by atoms with Crippen molar-refractivity contribution in [3.8, 4) is 0 Å². The van der Waals surface area contributed by atoms with Crippen LogP contribution in [-0.2, 0) is 4.79 Å². The second-order valence-electron chi connectivity index (χ2n) is 4.69. The van der Waals surface area contributed by atoms with Gasteiger partial charge in [0, 0.05) is 5.69 Å². The van der Waals surface area contributed by atoms with Gasteiger partial charge in [-0.2, -0.15) is 0 Å². The average Bonchev–Trinajstić information content (AvgIpc) is 2.47. The summed E-state index contributed by atoms with van der Waals surface area (Å²) >= 11 is 5.78. The molecule has 2 N–H and O–H groups in total. The van der Waals surface area contributed by atoms with Crippen LogP contribution in [0.2, 0.25) is 5.02 Å². The summed E-state index contributed by atoms with van der Waals surface area (Å²) in [6.07, 6.45) is 0. The predicted octanol–water partition coefficient (Wildman–Crippen LogP) is 3.16. The molecular weight excluding hydrogens is 307 g/mol. The minimum Gasteiger partial charge on any atom is -0.343 e. The minimum atomic E-state index is -0.734. The van der Waals surface area contributed by atoms with Gasteiger partial charge in [0.25, 0.3) is 5.91 Å². The lowest BCUT2D eigenvalue weighted by Gasteiger charge is -2.08. The van der Waals surface area contributed by atoms with Gasteiger partial charge in [0.1, 0.15) is 5.82 Å². The molecule has 0 radical (unpaired) electrons. The smallest absolute Gasteiger partial charge is 0.256 e. The standard InChI is InChI=1S/C16H14ClFN2O2/c1-10-5-7-11(8-6-10)20-14(21)9-19-16(22)15-12(17)3-2-4-13(15)18/h2-8H,9H2,1H3,(H,19,22)(H,20,21). The molecule has 0 fully saturated rings. The van der Waals surface area contributed by atoms with Crippen LogP contribution in [-0.4, -0.2) is 18.4 Å². The van der Waals surface area contributed by atoms with Gasteiger partial charge in [-0.05, 0) is 31.2 Å². The fraction of sp³-hybridized carbons (Fsp3) is 0.125. The van der Waals surface area contributed by atoms with Crippen LogP contribution in [0.25, 0.3) is 0 Å². The van der Waals surface area contributed by atoms with E-state index in [0.717, 1.165) is 11.6 Å². The Kier molecular flexibility index (Phi) is 5.12. The zero-order valence-electron chi connectivity index (χ0n) is 11.8. The maximum atomic E-state index is 13.6. The quantitative estimate of drug-likeness (QED) is 0.909. The molecule has 0 saturated carbocycles. The van der Waals surface area contributed by atoms with Crippen molar-refractivity contribution in [1.82, 2.24) is 5.32 Å². The van der Waals surface area contributed by atoms with Gasteiger partial charge < -0.3 is 10.6 Å². The molecular formula is C16H14ClFN2O2. The second-order valence-corrected chi connectivity index (χ2v) is 5.10. The topological polar surface area (TPSA) is 58.2 Å². The molecule has 0 heterocycles. The molecule has 2 aromatic carbocycles. The number of amides is 2. The van der Waals surface area contributed by atoms with Crippen molar-refractivity contribution < 1.29 is 14.0 Å². The monoisotopic (exact) mass is 320 g/mol. The Bertz CT molecular complexity index is 682. The summed E-state index contributed by atoms with van der Waals surface area (Å²) in [5.74, 6) is -1.88. The second kappa shape index (κ2) is 7.04. The fourth-order valence-electron chi connectivity index (χ4n) is 1.81. The van der Waals surface area contributed by atoms with E-state index in [9.17, 15) is 14.0 Å². The number of anilines is 1. The first-order valence-electron chi connectivity index (χ1n) is 6.56. The van der Waals surface area contributed by atoms with Gasteiger partial charge >= 0.3 is 0 Å². The lowest BCUT2D eigenvalue weighted by atomic mass is 10.2. The Morgan fingerprint density at radius 3 is 2.45 bits per heavy atom. The maximum Gasteiger partial charge on any atom is 0.256 e. The first kappa shape index (κ1) is 16.0. The molecule has 2 rings (SSSR count). The first-order valence-corrected chi connectivity index (χ1v) is 6.94. The molecule has 22 heavy (non-hydrogen) atoms. The van der Waals surface area contributed by atoms with Crippen LogP contribution in [0.4, 0.5) is 10.1 Å². The molecule has 2 aromatic rings. The van der Waals surface area contributed by atoms with E-state index < -0.39 is 17.6 Å². The molecule has 0 unspecified atom stereocenters. The molecule has 0 saturated heterocycles. The van der Waals surface area contributed by atoms with Gasteiger partial charge in [0.2, 0.25) is 5.91 Å². The molecule has 0 atom stereocenters. The van der Waals surface area contributed by atoms with E-state index in [2.05, 4.69) is 10.6 Å². The van der Waals surface area contributed by atoms with E-state index in [1.807, 2.05) is 19.1 Å². The third-order valence-electron chi connectivity index (χ3n) is 2.93. The van der Waals surface area contributed by atoms with Crippen LogP contribution in [0.5, 0.6) is 0 Å². The summed E-state index contributed by atoms with van der Waals surface area (Å²) in [6.45, 7) is 1.65. The van der Waals surface area contributed by atoms with Gasteiger partial charge in [-0.25, -0.2) is 4.39 Å². The summed E-state index contributed by atoms with van der Waals surface area (Å²) in [5, 5.41) is 4.96. The van der Waals surface area contributed by atoms with E-state index in [1.54, 1.807) is 12.1 Å². The lowest BCUT2D eigenvalue weighted by Crippen LogP contribution is -2.33. The van der Waals surface area contributed by atoms with E-state index in [1.165, 1.54) is 12.1 Å². The van der Waals surface area contributed by atoms with Crippen molar-refractivity contribution in [1.29, 1.82) is 0 Å². The van der Waals surface area contributed by atoms with Crippen LogP contribution in [0.3, 0.4) is 0 Å². The molecule has 0 spiro atoms. The molecule has 0 aliphatic carbocycles. The fourth-order valence-corrected chi connectivity index (χ4v) is 2.05. The number of hydrogen-bond acceptors (Lipinski definition) is 2. The molecule has 0 aromatic heterocycles. The number of carbonyl (C=O) groups is 2. The molecule has 0 aliphatic rings. The number of carbonyl (C=O) groups excluding carboxylic acids is 2. The first-order chi connectivity index (χ1) is 10.5. The van der Waals surface area contributed by atoms with Crippen molar-refractivity contribution in [2.45, 2.75) is 6.92 Å². The Hall–Kier alpha value is -2.40. The van der Waals surface area contributed by atoms with Gasteiger partial charge in [-0.15, -0.1) is 0 Å². The zero-order valence-corrected chi connectivity index (χ0v) is 12.6. The van der Waals surface area contributed by atoms with Crippen molar-refractivity contribution in [3.63, 3.8) is 0 Å². The van der Waals surface area contributed by atoms with E-state index >= 15 is 0 Å². The van der Waals surface area contributed by atoms with E-state index in [4.69, 9.17) is 11.6 Å². The Morgan fingerprint density at radius 1 is 1.14 bits per heavy atom. The van der Waals surface area contributed by atoms with Crippen LogP contribution in [0.15, 0.2) is 42.5 Å². The van der Waals surface area contributed by atoms with Crippen molar-refractivity contribution in [3.05, 3.63) is 64.4 Å². The number of rotatable bonds is 4. The van der Waals surface area contributed by atoms with Gasteiger partial charge in [-0.1, -0.05) is 35.4 Å². The van der Waals surface area contributed by atoms with E-state index in [-0.39, 0.29) is 17.1 Å². The lowest BCUT2D eigenvalue weighted by molar-refractivity contribution is -0.115. The summed E-state index contributed by atoms with van der Waals surface area (Å²) in [6, 6.07) is 11.2. The summed E-state index contributed by atoms with van der Waals surface area (Å²) in [7, 11) is 0. The summed E-state index contributed by atoms with van der Waals surface area (Å²) in [5.41, 5.74) is 1.42. The minimum absolute atomic E-state index is 0.00329. The molecule has 4 nitrogen and oxygen atoms in total. The highest BCUT2D eigenvalue weighted by Crippen LogP contribution is 2.18. The summed E-state index contributed by atoms with van der Waals surface area (Å²) < 4.78 is 13.6. The Morgan fingerprint density at radius 2 is 1.82 bits per heavy atom. The van der Waals surface area contributed by atoms with Crippen molar-refractivity contribution in [2.24, 2.45) is 0 Å². The van der Waals surface area contributed by atoms with Crippen LogP contribution in [0.1, 0.15) is 15.9 Å². The normalized spacial score (nSPS) is 10.1. The van der Waals surface area contributed by atoms with Crippen molar-refractivity contribution >= 4 is 29.1 Å². The van der Waals surface area contributed by atoms with Crippen molar-refractivity contribution in [2.75, 3.05) is 11.9 Å². The molecule has 0 bridgehead atoms. The Balaban J connectivity index is 1.93. The number of nitrogens with one attached hydrogen (secondary N) is 2. The SMILES string of the molecule is Cc1ccc(NC(=O)CNC(=O)c2c(F)cccc2Cl)cc1. The highest BCUT2D eigenvalue weighted by atomic mass is 35.5. The molecule has 0 aliphatic heterocycles. The maximum absolute atomic E-state index is 13.6. The van der Waals surface area contributed by atoms with Crippen LogP contribution < -0.4 is 10.6 Å². The molecule has 6 heteroatoms. The van der Waals surface area contributed by atoms with Gasteiger partial charge in [0.15, 0.2) is 0 Å². The van der Waals surface area contributed by atoms with Gasteiger partial charge in [-0.3, -0.25) is 9.59 Å². The largest absolute Gasteiger partial charge is 0.343 e.